The van der Waals surface area contributed by atoms with Gasteiger partial charge in [0.05, 0.1) is 4.90 Å². The predicted molar refractivity (Wildman–Crippen MR) is 81.8 cm³/mol. The minimum Gasteiger partial charge on any atom is -0.465 e. The third kappa shape index (κ3) is 3.22. The van der Waals surface area contributed by atoms with Crippen LogP contribution in [-0.2, 0) is 10.0 Å². The molecule has 0 spiro atoms. The molecule has 1 atom stereocenters. The molecule has 2 rings (SSSR count). The molecule has 0 saturated carbocycles. The first-order valence-electron chi connectivity index (χ1n) is 6.49. The van der Waals surface area contributed by atoms with Crippen molar-refractivity contribution in [1.29, 1.82) is 0 Å². The van der Waals surface area contributed by atoms with Gasteiger partial charge in [0.15, 0.2) is 0 Å². The Hall–Kier alpha value is -1.12. The molecule has 116 valence electrons. The first-order valence-corrected chi connectivity index (χ1v) is 8.72. The molecule has 1 aromatic rings. The topological polar surface area (TPSA) is 77.9 Å². The van der Waals surface area contributed by atoms with Crippen LogP contribution in [0.3, 0.4) is 0 Å². The number of hydrogen-bond donors (Lipinski definition) is 1. The summed E-state index contributed by atoms with van der Waals surface area (Å²) in [5, 5.41) is 9.04. The highest BCUT2D eigenvalue weighted by Crippen LogP contribution is 2.25. The van der Waals surface area contributed by atoms with Crippen LogP contribution < -0.4 is 0 Å². The summed E-state index contributed by atoms with van der Waals surface area (Å²) in [6.07, 6.45) is -1.01. The second-order valence-corrected chi connectivity index (χ2v) is 7.92. The molecule has 1 aliphatic rings. The molecule has 6 nitrogen and oxygen atoms in total. The molecule has 1 amide bonds. The van der Waals surface area contributed by atoms with Crippen molar-refractivity contribution in [2.24, 2.45) is 0 Å². The second kappa shape index (κ2) is 5.94. The van der Waals surface area contributed by atoms with Crippen molar-refractivity contribution < 1.29 is 18.3 Å². The fourth-order valence-corrected chi connectivity index (χ4v) is 4.66. The molecular formula is C13H17BrN2O4S. The van der Waals surface area contributed by atoms with Crippen molar-refractivity contribution in [1.82, 2.24) is 9.21 Å². The van der Waals surface area contributed by atoms with E-state index in [0.29, 0.717) is 5.56 Å². The quantitative estimate of drug-likeness (QED) is 0.857. The van der Waals surface area contributed by atoms with Gasteiger partial charge in [-0.2, -0.15) is 4.31 Å². The molecule has 1 aromatic carbocycles. The Kier molecular flexibility index (Phi) is 4.60. The largest absolute Gasteiger partial charge is 0.465 e. The second-order valence-electron chi connectivity index (χ2n) is 5.10. The van der Waals surface area contributed by atoms with Crippen molar-refractivity contribution in [3.05, 3.63) is 28.2 Å². The predicted octanol–water partition coefficient (Wildman–Crippen LogP) is 2.13. The van der Waals surface area contributed by atoms with Crippen LogP contribution in [0.2, 0.25) is 0 Å². The Morgan fingerprint density at radius 2 is 2.05 bits per heavy atom. The van der Waals surface area contributed by atoms with Crippen LogP contribution in [0.25, 0.3) is 0 Å². The van der Waals surface area contributed by atoms with E-state index in [9.17, 15) is 13.2 Å². The van der Waals surface area contributed by atoms with Gasteiger partial charge in [-0.15, -0.1) is 0 Å². The van der Waals surface area contributed by atoms with Crippen molar-refractivity contribution in [3.63, 3.8) is 0 Å². The van der Waals surface area contributed by atoms with Crippen LogP contribution in [-0.4, -0.2) is 54.5 Å². The zero-order chi connectivity index (χ0) is 15.8. The van der Waals surface area contributed by atoms with Crippen molar-refractivity contribution >= 4 is 32.0 Å². The van der Waals surface area contributed by atoms with Gasteiger partial charge in [-0.1, -0.05) is 15.9 Å². The lowest BCUT2D eigenvalue weighted by Crippen LogP contribution is -2.55. The number of hydrogen-bond acceptors (Lipinski definition) is 3. The number of aryl methyl sites for hydroxylation is 1. The maximum absolute atomic E-state index is 12.7. The van der Waals surface area contributed by atoms with Crippen LogP contribution in [0.15, 0.2) is 27.6 Å². The van der Waals surface area contributed by atoms with Gasteiger partial charge in [0.25, 0.3) is 0 Å². The smallest absolute Gasteiger partial charge is 0.407 e. The van der Waals surface area contributed by atoms with E-state index in [0.717, 1.165) is 4.47 Å². The fraction of sp³-hybridized carbons (Fsp3) is 0.462. The van der Waals surface area contributed by atoms with E-state index >= 15 is 0 Å². The lowest BCUT2D eigenvalue weighted by atomic mass is 10.2. The van der Waals surface area contributed by atoms with Gasteiger partial charge in [0.1, 0.15) is 0 Å². The maximum Gasteiger partial charge on any atom is 0.407 e. The monoisotopic (exact) mass is 376 g/mol. The molecule has 1 aliphatic heterocycles. The average molecular weight is 377 g/mol. The summed E-state index contributed by atoms with van der Waals surface area (Å²) < 4.78 is 27.5. The fourth-order valence-electron chi connectivity index (χ4n) is 2.47. The zero-order valence-electron chi connectivity index (χ0n) is 11.8. The summed E-state index contributed by atoms with van der Waals surface area (Å²) >= 11 is 3.31. The molecule has 8 heteroatoms. The summed E-state index contributed by atoms with van der Waals surface area (Å²) in [6, 6.07) is 4.66. The third-order valence-corrected chi connectivity index (χ3v) is 6.11. The number of carboxylic acid groups (broad SMARTS) is 1. The van der Waals surface area contributed by atoms with Gasteiger partial charge in [-0.05, 0) is 37.6 Å². The Morgan fingerprint density at radius 1 is 1.38 bits per heavy atom. The summed E-state index contributed by atoms with van der Waals surface area (Å²) in [6.45, 7) is 3.99. The zero-order valence-corrected chi connectivity index (χ0v) is 14.2. The molecule has 1 N–H and O–H groups in total. The average Bonchev–Trinajstić information content (AvgIpc) is 2.37. The minimum atomic E-state index is -3.60. The number of sulfonamides is 1. The number of rotatable bonds is 2. The van der Waals surface area contributed by atoms with E-state index in [1.807, 2.05) is 0 Å². The van der Waals surface area contributed by atoms with Crippen molar-refractivity contribution in [2.45, 2.75) is 24.8 Å². The molecule has 1 unspecified atom stereocenters. The highest BCUT2D eigenvalue weighted by Gasteiger charge is 2.34. The molecule has 0 aromatic heterocycles. The Labute approximate surface area is 132 Å². The van der Waals surface area contributed by atoms with Crippen LogP contribution in [0.1, 0.15) is 12.5 Å². The molecule has 1 heterocycles. The van der Waals surface area contributed by atoms with E-state index in [-0.39, 0.29) is 30.6 Å². The highest BCUT2D eigenvalue weighted by atomic mass is 79.9. The van der Waals surface area contributed by atoms with Crippen molar-refractivity contribution in [3.8, 4) is 0 Å². The van der Waals surface area contributed by atoms with Gasteiger partial charge in [0.2, 0.25) is 10.0 Å². The number of carbonyl (C=O) groups is 1. The van der Waals surface area contributed by atoms with Crippen LogP contribution in [0.5, 0.6) is 0 Å². The van der Waals surface area contributed by atoms with E-state index in [4.69, 9.17) is 5.11 Å². The van der Waals surface area contributed by atoms with E-state index in [1.54, 1.807) is 32.0 Å². The van der Waals surface area contributed by atoms with Gasteiger partial charge < -0.3 is 10.0 Å². The standard InChI is InChI=1S/C13H17BrN2O4S/c1-9-7-11(14)3-4-12(9)21(19,20)15-5-6-16(13(17)18)10(2)8-15/h3-4,7,10H,5-6,8H2,1-2H3,(H,17,18). The molecular weight excluding hydrogens is 360 g/mol. The normalized spacial score (nSPS) is 20.5. The maximum atomic E-state index is 12.7. The molecule has 0 radical (unpaired) electrons. The number of nitrogens with zero attached hydrogens (tertiary/aromatic N) is 2. The number of halogens is 1. The summed E-state index contributed by atoms with van der Waals surface area (Å²) in [5.74, 6) is 0. The van der Waals surface area contributed by atoms with Crippen molar-refractivity contribution in [2.75, 3.05) is 19.6 Å². The lowest BCUT2D eigenvalue weighted by Gasteiger charge is -2.37. The van der Waals surface area contributed by atoms with Crippen LogP contribution >= 0.6 is 15.9 Å². The first-order chi connectivity index (χ1) is 9.73. The van der Waals surface area contributed by atoms with Gasteiger partial charge in [-0.3, -0.25) is 0 Å². The Bertz CT molecular complexity index is 662. The van der Waals surface area contributed by atoms with Gasteiger partial charge in [-0.25, -0.2) is 13.2 Å². The summed E-state index contributed by atoms with van der Waals surface area (Å²) in [4.78, 5) is 12.6. The minimum absolute atomic E-state index is 0.171. The molecule has 1 saturated heterocycles. The summed E-state index contributed by atoms with van der Waals surface area (Å²) in [7, 11) is -3.60. The van der Waals surface area contributed by atoms with E-state index < -0.39 is 16.1 Å². The van der Waals surface area contributed by atoms with E-state index in [2.05, 4.69) is 15.9 Å². The molecule has 1 fully saturated rings. The summed E-state index contributed by atoms with van der Waals surface area (Å²) in [5.41, 5.74) is 0.665. The van der Waals surface area contributed by atoms with Crippen LogP contribution in [0.4, 0.5) is 4.79 Å². The Morgan fingerprint density at radius 3 is 2.57 bits per heavy atom. The van der Waals surface area contributed by atoms with E-state index in [1.165, 1.54) is 9.21 Å². The van der Waals surface area contributed by atoms with Gasteiger partial charge >= 0.3 is 6.09 Å². The molecule has 0 aliphatic carbocycles. The molecule has 21 heavy (non-hydrogen) atoms. The first kappa shape index (κ1) is 16.3. The SMILES string of the molecule is Cc1cc(Br)ccc1S(=O)(=O)N1CCN(C(=O)O)C(C)C1. The van der Waals surface area contributed by atoms with Gasteiger partial charge in [0, 0.05) is 30.1 Å². The van der Waals surface area contributed by atoms with Crippen LogP contribution in [0, 0.1) is 6.92 Å². The molecule has 0 bridgehead atoms. The third-order valence-electron chi connectivity index (χ3n) is 3.59. The lowest BCUT2D eigenvalue weighted by molar-refractivity contribution is 0.0992. The Balaban J connectivity index is 2.27. The number of benzene rings is 1. The number of piperazine rings is 1. The number of amides is 1. The highest BCUT2D eigenvalue weighted by molar-refractivity contribution is 9.10.